The van der Waals surface area contributed by atoms with Gasteiger partial charge in [0, 0.05) is 6.54 Å². The van der Waals surface area contributed by atoms with Crippen molar-refractivity contribution in [2.24, 2.45) is 5.92 Å². The van der Waals surface area contributed by atoms with Gasteiger partial charge in [0.15, 0.2) is 0 Å². The van der Waals surface area contributed by atoms with Crippen molar-refractivity contribution in [3.63, 3.8) is 0 Å². The summed E-state index contributed by atoms with van der Waals surface area (Å²) in [5, 5.41) is 3.25. The minimum Gasteiger partial charge on any atom is -0.490 e. The third-order valence-corrected chi connectivity index (χ3v) is 6.79. The van der Waals surface area contributed by atoms with Crippen molar-refractivity contribution in [1.82, 2.24) is 5.32 Å². The summed E-state index contributed by atoms with van der Waals surface area (Å²) in [7, 11) is -4.07. The lowest BCUT2D eigenvalue weighted by Crippen LogP contribution is -2.32. The van der Waals surface area contributed by atoms with Gasteiger partial charge in [0.1, 0.15) is 11.3 Å². The van der Waals surface area contributed by atoms with Gasteiger partial charge >= 0.3 is 19.9 Å². The number of alkyl halides is 6. The molecule has 0 amide bonds. The molecule has 2 aromatic rings. The number of hydrogen-bond donors (Lipinski definition) is 3. The predicted molar refractivity (Wildman–Crippen MR) is 115 cm³/mol. The number of fused-ring (bicyclic) bond motifs is 1. The molecule has 0 radical (unpaired) electrons. The van der Waals surface area contributed by atoms with Gasteiger partial charge in [0.05, 0.1) is 18.2 Å². The third-order valence-electron chi connectivity index (χ3n) is 5.89. The van der Waals surface area contributed by atoms with Crippen LogP contribution in [-0.2, 0) is 17.3 Å². The van der Waals surface area contributed by atoms with Gasteiger partial charge in [-0.2, -0.15) is 26.3 Å². The maximum Gasteiger partial charge on any atom is 0.420 e. The number of rotatable bonds is 8. The van der Waals surface area contributed by atoms with Crippen LogP contribution in [-0.4, -0.2) is 34.8 Å². The van der Waals surface area contributed by atoms with E-state index >= 15 is 0 Å². The van der Waals surface area contributed by atoms with E-state index in [2.05, 4.69) is 5.32 Å². The first kappa shape index (κ1) is 26.8. The molecular formula is C22H26F6NO4P. The Balaban J connectivity index is 1.72. The SMILES string of the molecule is O=P(O)(O)CCCNCc1ccc2c(C(F)(F)F)c(OC3CCC(C(F)(F)F)CC3)ccc2c1. The topological polar surface area (TPSA) is 78.8 Å². The zero-order chi connectivity index (χ0) is 25.1. The lowest BCUT2D eigenvalue weighted by molar-refractivity contribution is -0.185. The molecular weight excluding hydrogens is 487 g/mol. The standard InChI is InChI=1S/C22H26F6NO4P/c23-21(24,25)16-4-6-17(7-5-16)33-19-9-3-15-12-14(13-29-10-1-11-34(30,31)32)2-8-18(15)20(19)22(26,27)28/h2-3,8-9,12,16-17,29H,1,4-7,10-11,13H2,(H2,30,31,32). The average molecular weight is 513 g/mol. The zero-order valence-corrected chi connectivity index (χ0v) is 19.0. The van der Waals surface area contributed by atoms with Gasteiger partial charge in [0.25, 0.3) is 0 Å². The summed E-state index contributed by atoms with van der Waals surface area (Å²) in [6.07, 6.45) is -10.0. The monoisotopic (exact) mass is 513 g/mol. The molecule has 12 heteroatoms. The maximum absolute atomic E-state index is 13.9. The second-order valence-corrected chi connectivity index (χ2v) is 10.3. The Morgan fingerprint density at radius 2 is 1.68 bits per heavy atom. The first-order valence-electron chi connectivity index (χ1n) is 10.9. The molecule has 0 bridgehead atoms. The minimum absolute atomic E-state index is 0.0339. The highest BCUT2D eigenvalue weighted by Crippen LogP contribution is 2.44. The Labute approximate surface area is 192 Å². The van der Waals surface area contributed by atoms with Gasteiger partial charge in [-0.25, -0.2) is 0 Å². The van der Waals surface area contributed by atoms with Crippen LogP contribution in [0, 0.1) is 5.92 Å². The molecule has 3 N–H and O–H groups in total. The average Bonchev–Trinajstić information content (AvgIpc) is 2.71. The molecule has 1 aliphatic carbocycles. The van der Waals surface area contributed by atoms with Crippen LogP contribution < -0.4 is 10.1 Å². The van der Waals surface area contributed by atoms with Gasteiger partial charge in [-0.3, -0.25) is 4.57 Å². The lowest BCUT2D eigenvalue weighted by atomic mass is 9.87. The van der Waals surface area contributed by atoms with Crippen LogP contribution in [0.3, 0.4) is 0 Å². The summed E-state index contributed by atoms with van der Waals surface area (Å²) in [5.41, 5.74) is -0.264. The molecule has 0 aromatic heterocycles. The Bertz CT molecular complexity index is 1030. The van der Waals surface area contributed by atoms with Crippen LogP contribution in [0.4, 0.5) is 26.3 Å². The van der Waals surface area contributed by atoms with Crippen molar-refractivity contribution in [3.8, 4) is 5.75 Å². The van der Waals surface area contributed by atoms with Gasteiger partial charge in [-0.05, 0) is 67.1 Å². The van der Waals surface area contributed by atoms with Crippen LogP contribution in [0.25, 0.3) is 10.8 Å². The van der Waals surface area contributed by atoms with E-state index in [1.54, 1.807) is 6.07 Å². The largest absolute Gasteiger partial charge is 0.490 e. The van der Waals surface area contributed by atoms with E-state index in [1.807, 2.05) is 0 Å². The number of halogens is 6. The Morgan fingerprint density at radius 3 is 2.26 bits per heavy atom. The highest BCUT2D eigenvalue weighted by atomic mass is 31.2. The van der Waals surface area contributed by atoms with E-state index in [4.69, 9.17) is 14.5 Å². The highest BCUT2D eigenvalue weighted by Gasteiger charge is 2.42. The van der Waals surface area contributed by atoms with E-state index in [9.17, 15) is 30.9 Å². The van der Waals surface area contributed by atoms with Crippen molar-refractivity contribution in [2.45, 2.75) is 57.1 Å². The van der Waals surface area contributed by atoms with Gasteiger partial charge in [0.2, 0.25) is 0 Å². The van der Waals surface area contributed by atoms with E-state index in [-0.39, 0.29) is 43.7 Å². The molecule has 0 heterocycles. The molecule has 5 nitrogen and oxygen atoms in total. The quantitative estimate of drug-likeness (QED) is 0.229. The maximum atomic E-state index is 13.9. The molecule has 2 aromatic carbocycles. The molecule has 3 rings (SSSR count). The van der Waals surface area contributed by atoms with Crippen LogP contribution in [0.2, 0.25) is 0 Å². The van der Waals surface area contributed by atoms with Crippen LogP contribution in [0.5, 0.6) is 5.75 Å². The zero-order valence-electron chi connectivity index (χ0n) is 18.1. The molecule has 1 aliphatic rings. The van der Waals surface area contributed by atoms with Crippen molar-refractivity contribution >= 4 is 18.4 Å². The first-order chi connectivity index (χ1) is 15.7. The van der Waals surface area contributed by atoms with Crippen molar-refractivity contribution in [2.75, 3.05) is 12.7 Å². The summed E-state index contributed by atoms with van der Waals surface area (Å²) in [6.45, 7) is 0.638. The Hall–Kier alpha value is -1.81. The smallest absolute Gasteiger partial charge is 0.420 e. The summed E-state index contributed by atoms with van der Waals surface area (Å²) in [6, 6.07) is 7.12. The molecule has 0 saturated heterocycles. The van der Waals surface area contributed by atoms with Crippen molar-refractivity contribution in [3.05, 3.63) is 41.5 Å². The molecule has 0 unspecified atom stereocenters. The lowest BCUT2D eigenvalue weighted by Gasteiger charge is -2.31. The second-order valence-electron chi connectivity index (χ2n) is 8.54. The highest BCUT2D eigenvalue weighted by molar-refractivity contribution is 7.51. The first-order valence-corrected chi connectivity index (χ1v) is 12.7. The van der Waals surface area contributed by atoms with Crippen LogP contribution >= 0.6 is 7.60 Å². The molecule has 1 fully saturated rings. The molecule has 0 aliphatic heterocycles. The summed E-state index contributed by atoms with van der Waals surface area (Å²) in [5.74, 6) is -1.84. The fourth-order valence-electron chi connectivity index (χ4n) is 4.19. The number of hydrogen-bond acceptors (Lipinski definition) is 3. The molecule has 0 atom stereocenters. The van der Waals surface area contributed by atoms with E-state index in [0.29, 0.717) is 24.0 Å². The van der Waals surface area contributed by atoms with Crippen molar-refractivity contribution < 1.29 is 45.4 Å². The minimum atomic E-state index is -4.72. The number of nitrogens with one attached hydrogen (secondary N) is 1. The van der Waals surface area contributed by atoms with Crippen LogP contribution in [0.15, 0.2) is 30.3 Å². The molecule has 34 heavy (non-hydrogen) atoms. The second kappa shape index (κ2) is 10.4. The number of benzene rings is 2. The molecule has 190 valence electrons. The Kier molecular flexibility index (Phi) is 8.22. The Morgan fingerprint density at radius 1 is 1.00 bits per heavy atom. The van der Waals surface area contributed by atoms with Crippen LogP contribution in [0.1, 0.15) is 43.2 Å². The van der Waals surface area contributed by atoms with E-state index in [0.717, 1.165) is 0 Å². The summed E-state index contributed by atoms with van der Waals surface area (Å²) < 4.78 is 96.8. The predicted octanol–water partition coefficient (Wildman–Crippen LogP) is 6.02. The molecule has 1 saturated carbocycles. The van der Waals surface area contributed by atoms with Gasteiger partial charge in [-0.1, -0.05) is 18.2 Å². The van der Waals surface area contributed by atoms with E-state index < -0.39 is 43.3 Å². The molecule has 0 spiro atoms. The normalized spacial score (nSPS) is 20.0. The van der Waals surface area contributed by atoms with Gasteiger partial charge in [-0.15, -0.1) is 0 Å². The van der Waals surface area contributed by atoms with Gasteiger partial charge < -0.3 is 19.8 Å². The van der Waals surface area contributed by atoms with E-state index in [1.165, 1.54) is 24.3 Å². The number of ether oxygens (including phenoxy) is 1. The summed E-state index contributed by atoms with van der Waals surface area (Å²) in [4.78, 5) is 17.7. The summed E-state index contributed by atoms with van der Waals surface area (Å²) >= 11 is 0. The third kappa shape index (κ3) is 7.34. The van der Waals surface area contributed by atoms with Crippen molar-refractivity contribution in [1.29, 1.82) is 0 Å². The fourth-order valence-corrected chi connectivity index (χ4v) is 4.76. The fraction of sp³-hybridized carbons (Fsp3) is 0.545.